The van der Waals surface area contributed by atoms with Gasteiger partial charge in [0.2, 0.25) is 0 Å². The third-order valence-electron chi connectivity index (χ3n) is 7.97. The molecule has 2 saturated heterocycles. The van der Waals surface area contributed by atoms with E-state index in [1.807, 2.05) is 12.3 Å². The number of nitrogens with one attached hydrogen (secondary N) is 2. The van der Waals surface area contributed by atoms with Crippen molar-refractivity contribution >= 4 is 0 Å². The summed E-state index contributed by atoms with van der Waals surface area (Å²) in [6, 6.07) is 5.58. The highest BCUT2D eigenvalue weighted by atomic mass is 15.3. The van der Waals surface area contributed by atoms with Gasteiger partial charge in [-0.1, -0.05) is 24.3 Å². The van der Waals surface area contributed by atoms with Crippen LogP contribution in [0.1, 0.15) is 49.8 Å². The summed E-state index contributed by atoms with van der Waals surface area (Å²) in [5, 5.41) is 7.01. The number of hydrogen-bond donors (Lipinski definition) is 2. The quantitative estimate of drug-likeness (QED) is 0.743. The van der Waals surface area contributed by atoms with Gasteiger partial charge in [0.1, 0.15) is 0 Å². The number of piperazine rings is 1. The third kappa shape index (κ3) is 5.42. The molecule has 178 valence electrons. The predicted molar refractivity (Wildman–Crippen MR) is 136 cm³/mol. The Hall–Kier alpha value is -1.95. The largest absolute Gasteiger partial charge is 0.369 e. The number of aromatic nitrogens is 1. The number of allylic oxidation sites excluding steroid dienone is 3. The lowest BCUT2D eigenvalue weighted by atomic mass is 9.92. The average molecular weight is 448 g/mol. The van der Waals surface area contributed by atoms with Crippen LogP contribution in [0.3, 0.4) is 0 Å². The van der Waals surface area contributed by atoms with Crippen molar-refractivity contribution in [1.82, 2.24) is 25.4 Å². The van der Waals surface area contributed by atoms with Crippen LogP contribution in [0.15, 0.2) is 53.4 Å². The van der Waals surface area contributed by atoms with Crippen LogP contribution in [0.25, 0.3) is 0 Å². The van der Waals surface area contributed by atoms with Crippen LogP contribution in [0.5, 0.6) is 0 Å². The van der Waals surface area contributed by atoms with E-state index in [0.29, 0.717) is 6.04 Å². The number of fused-ring (bicyclic) bond motifs is 2. The lowest BCUT2D eigenvalue weighted by Crippen LogP contribution is -2.50. The minimum absolute atomic E-state index is 0.557. The van der Waals surface area contributed by atoms with Crippen LogP contribution >= 0.6 is 0 Å². The Bertz CT molecular complexity index is 876. The van der Waals surface area contributed by atoms with Crippen molar-refractivity contribution in [2.24, 2.45) is 0 Å². The van der Waals surface area contributed by atoms with E-state index in [2.05, 4.69) is 56.8 Å². The highest BCUT2D eigenvalue weighted by molar-refractivity contribution is 5.45. The minimum atomic E-state index is 0.557. The van der Waals surface area contributed by atoms with E-state index in [1.54, 1.807) is 11.3 Å². The van der Waals surface area contributed by atoms with Crippen LogP contribution in [-0.4, -0.2) is 73.2 Å². The van der Waals surface area contributed by atoms with Gasteiger partial charge in [0.25, 0.3) is 0 Å². The molecule has 1 aromatic rings. The lowest BCUT2D eigenvalue weighted by Gasteiger charge is -2.42. The zero-order valence-electron chi connectivity index (χ0n) is 20.4. The lowest BCUT2D eigenvalue weighted by molar-refractivity contribution is 0.130. The minimum Gasteiger partial charge on any atom is -0.369 e. The van der Waals surface area contributed by atoms with Gasteiger partial charge >= 0.3 is 0 Å². The van der Waals surface area contributed by atoms with Crippen molar-refractivity contribution in [3.8, 4) is 0 Å². The van der Waals surface area contributed by atoms with Gasteiger partial charge < -0.3 is 15.5 Å². The molecule has 1 aromatic heterocycles. The summed E-state index contributed by atoms with van der Waals surface area (Å²) in [5.41, 5.74) is 7.45. The average Bonchev–Trinajstić information content (AvgIpc) is 3.23. The van der Waals surface area contributed by atoms with Gasteiger partial charge in [-0.2, -0.15) is 0 Å². The second-order valence-corrected chi connectivity index (χ2v) is 10.2. The van der Waals surface area contributed by atoms with Gasteiger partial charge in [-0.25, -0.2) is 0 Å². The second-order valence-electron chi connectivity index (χ2n) is 10.2. The summed E-state index contributed by atoms with van der Waals surface area (Å²) in [5.74, 6) is 0. The smallest absolute Gasteiger partial charge is 0.0435 e. The summed E-state index contributed by atoms with van der Waals surface area (Å²) in [4.78, 5) is 9.71. The molecule has 33 heavy (non-hydrogen) atoms. The maximum absolute atomic E-state index is 4.32. The summed E-state index contributed by atoms with van der Waals surface area (Å²) in [7, 11) is 2.05. The zero-order valence-corrected chi connectivity index (χ0v) is 20.4. The number of hydrogen-bond acceptors (Lipinski definition) is 5. The Morgan fingerprint density at radius 1 is 1.15 bits per heavy atom. The Kier molecular flexibility index (Phi) is 7.60. The van der Waals surface area contributed by atoms with E-state index >= 15 is 0 Å². The predicted octanol–water partition coefficient (Wildman–Crippen LogP) is 3.45. The maximum Gasteiger partial charge on any atom is 0.0435 e. The monoisotopic (exact) mass is 447 g/mol. The summed E-state index contributed by atoms with van der Waals surface area (Å²) in [6.07, 6.45) is 19.2. The Morgan fingerprint density at radius 2 is 2.09 bits per heavy atom. The van der Waals surface area contributed by atoms with Crippen LogP contribution in [0.2, 0.25) is 0 Å². The molecule has 0 bridgehead atoms. The van der Waals surface area contributed by atoms with E-state index < -0.39 is 0 Å². The van der Waals surface area contributed by atoms with E-state index in [4.69, 9.17) is 0 Å². The van der Waals surface area contributed by atoms with Gasteiger partial charge in [0.05, 0.1) is 0 Å². The van der Waals surface area contributed by atoms with Crippen LogP contribution in [0, 0.1) is 0 Å². The fraction of sp³-hybridized carbons (Fsp3) is 0.607. The maximum atomic E-state index is 4.32. The van der Waals surface area contributed by atoms with Crippen molar-refractivity contribution in [2.75, 3.05) is 46.3 Å². The van der Waals surface area contributed by atoms with E-state index in [-0.39, 0.29) is 0 Å². The molecule has 2 unspecified atom stereocenters. The molecule has 3 aliphatic heterocycles. The Balaban J connectivity index is 0.000000190. The highest BCUT2D eigenvalue weighted by Crippen LogP contribution is 2.32. The molecule has 0 spiro atoms. The van der Waals surface area contributed by atoms with Gasteiger partial charge in [0, 0.05) is 62.4 Å². The molecule has 5 nitrogen and oxygen atoms in total. The van der Waals surface area contributed by atoms with Gasteiger partial charge in [-0.3, -0.25) is 9.88 Å². The molecule has 6 rings (SSSR count). The molecule has 2 N–H and O–H groups in total. The number of aryl methyl sites for hydroxylation is 2. The van der Waals surface area contributed by atoms with Crippen molar-refractivity contribution in [3.63, 3.8) is 0 Å². The summed E-state index contributed by atoms with van der Waals surface area (Å²) >= 11 is 0. The van der Waals surface area contributed by atoms with E-state index in [1.165, 1.54) is 81.5 Å². The number of pyridine rings is 1. The molecule has 2 fully saturated rings. The standard InChI is InChI=1S/C19H30N4.C9H11N/c1-20-13-16-11-18-15(12-21-16)5-2-3-7-19(18)23-10-9-22-8-4-6-17(22)14-23;1-2-6-9-8(4-1)5-3-7-10-9/h2,5,7,16-17,20-21H,3-4,6,8-14H2,1H3;3,5,7H,1-2,4,6H2. The molecule has 2 aliphatic carbocycles. The molecular formula is C28H41N5. The molecular weight excluding hydrogens is 406 g/mol. The number of nitrogens with zero attached hydrogens (tertiary/aromatic N) is 3. The molecule has 2 atom stereocenters. The topological polar surface area (TPSA) is 43.4 Å². The molecule has 0 saturated carbocycles. The highest BCUT2D eigenvalue weighted by Gasteiger charge is 2.33. The first-order valence-corrected chi connectivity index (χ1v) is 13.2. The zero-order chi connectivity index (χ0) is 22.5. The molecule has 4 heterocycles. The van der Waals surface area contributed by atoms with Crippen molar-refractivity contribution in [1.29, 1.82) is 0 Å². The van der Waals surface area contributed by atoms with Crippen LogP contribution < -0.4 is 10.6 Å². The van der Waals surface area contributed by atoms with Crippen LogP contribution in [-0.2, 0) is 12.8 Å². The summed E-state index contributed by atoms with van der Waals surface area (Å²) < 4.78 is 0. The SMILES string of the molecule is CNCC1CC2=C(C=CCC=C2N2CCN3CCCC3C2)CN1.c1cnc2c(c1)CCCC2. The van der Waals surface area contributed by atoms with Crippen LogP contribution in [0.4, 0.5) is 0 Å². The molecule has 0 radical (unpaired) electrons. The summed E-state index contributed by atoms with van der Waals surface area (Å²) in [6.45, 7) is 7.05. The van der Waals surface area contributed by atoms with E-state index in [9.17, 15) is 0 Å². The number of rotatable bonds is 3. The first-order chi connectivity index (χ1) is 16.3. The van der Waals surface area contributed by atoms with Crippen molar-refractivity contribution < 1.29 is 0 Å². The molecule has 5 heteroatoms. The van der Waals surface area contributed by atoms with Crippen molar-refractivity contribution in [2.45, 2.75) is 63.5 Å². The fourth-order valence-corrected chi connectivity index (χ4v) is 6.20. The third-order valence-corrected chi connectivity index (χ3v) is 7.97. The molecule has 0 aromatic carbocycles. The fourth-order valence-electron chi connectivity index (χ4n) is 6.20. The Labute approximate surface area is 200 Å². The van der Waals surface area contributed by atoms with Crippen molar-refractivity contribution in [3.05, 3.63) is 64.7 Å². The van der Waals surface area contributed by atoms with Gasteiger partial charge in [-0.05, 0) is 87.7 Å². The second kappa shape index (κ2) is 11.0. The molecule has 5 aliphatic rings. The Morgan fingerprint density at radius 3 is 3.00 bits per heavy atom. The first kappa shape index (κ1) is 22.8. The van der Waals surface area contributed by atoms with Gasteiger partial charge in [0.15, 0.2) is 0 Å². The number of likely N-dealkylation sites (N-methyl/N-ethyl adjacent to an activating group) is 1. The van der Waals surface area contributed by atoms with Gasteiger partial charge in [-0.15, -0.1) is 0 Å². The first-order valence-electron chi connectivity index (χ1n) is 13.2. The molecule has 0 amide bonds. The van der Waals surface area contributed by atoms with E-state index in [0.717, 1.165) is 32.0 Å². The normalized spacial score (nSPS) is 27.1.